The highest BCUT2D eigenvalue weighted by Crippen LogP contribution is 2.30. The Kier molecular flexibility index (Phi) is 3.12. The quantitative estimate of drug-likeness (QED) is 0.888. The lowest BCUT2D eigenvalue weighted by Crippen LogP contribution is -2.41. The first-order chi connectivity index (χ1) is 7.62. The maximum absolute atomic E-state index is 6.04. The minimum Gasteiger partial charge on any atom is -0.480 e. The molecule has 0 bridgehead atoms. The van der Waals surface area contributed by atoms with E-state index >= 15 is 0 Å². The first kappa shape index (κ1) is 11.4. The number of aromatic nitrogens is 1. The average molecular weight is 236 g/mol. The third kappa shape index (κ3) is 2.33. The van der Waals surface area contributed by atoms with Gasteiger partial charge in [0.2, 0.25) is 5.06 Å². The van der Waals surface area contributed by atoms with Crippen LogP contribution in [0.4, 0.5) is 0 Å². The molecule has 86 valence electrons. The van der Waals surface area contributed by atoms with Crippen molar-refractivity contribution >= 4 is 22.4 Å². The van der Waals surface area contributed by atoms with Crippen LogP contribution in [0.3, 0.4) is 0 Å². The number of fused-ring (bicyclic) bond motifs is 1. The molecule has 0 saturated heterocycles. The number of nitrogens with two attached hydrogens (primary N) is 1. The van der Waals surface area contributed by atoms with Crippen LogP contribution in [0, 0.1) is 0 Å². The molecule has 2 rings (SSSR count). The van der Waals surface area contributed by atoms with Gasteiger partial charge >= 0.3 is 0 Å². The second-order valence-corrected chi connectivity index (χ2v) is 5.02. The zero-order valence-electron chi connectivity index (χ0n) is 9.56. The van der Waals surface area contributed by atoms with Gasteiger partial charge < -0.3 is 10.5 Å². The zero-order chi connectivity index (χ0) is 11.6. The first-order valence-electron chi connectivity index (χ1n) is 5.38. The lowest BCUT2D eigenvalue weighted by molar-refractivity contribution is 0.233. The van der Waals surface area contributed by atoms with E-state index in [1.54, 1.807) is 0 Å². The Hall–Kier alpha value is -1.13. The lowest BCUT2D eigenvalue weighted by Gasteiger charge is -2.21. The van der Waals surface area contributed by atoms with Crippen LogP contribution in [0.25, 0.3) is 10.9 Å². The van der Waals surface area contributed by atoms with Gasteiger partial charge in [0.25, 0.3) is 0 Å². The van der Waals surface area contributed by atoms with Gasteiger partial charge in [0.15, 0.2) is 0 Å². The fourth-order valence-corrected chi connectivity index (χ4v) is 2.03. The normalized spacial score (nSPS) is 14.9. The molecule has 0 saturated carbocycles. The molecule has 0 aliphatic carbocycles. The molecular weight excluding hydrogens is 220 g/mol. The molecule has 4 heteroatoms. The molecule has 16 heavy (non-hydrogen) atoms. The molecule has 2 N–H and O–H groups in total. The van der Waals surface area contributed by atoms with Crippen molar-refractivity contribution in [1.82, 2.24) is 4.37 Å². The summed E-state index contributed by atoms with van der Waals surface area (Å²) >= 11 is 1.39. The van der Waals surface area contributed by atoms with Crippen LogP contribution in [0.2, 0.25) is 0 Å². The standard InChI is InChI=1S/C12H16N2OS/c1-3-12(2,13)8-15-11-9-6-4-5-7-10(9)14-16-11/h4-7H,3,8,13H2,1-2H3. The fraction of sp³-hybridized carbons (Fsp3) is 0.417. The summed E-state index contributed by atoms with van der Waals surface area (Å²) in [7, 11) is 0. The third-order valence-corrected chi connectivity index (χ3v) is 3.48. The van der Waals surface area contributed by atoms with Crippen LogP contribution in [-0.4, -0.2) is 16.5 Å². The number of hydrogen-bond acceptors (Lipinski definition) is 4. The van der Waals surface area contributed by atoms with Gasteiger partial charge in [-0.05, 0) is 25.5 Å². The Morgan fingerprint density at radius 1 is 1.44 bits per heavy atom. The molecule has 0 aliphatic rings. The summed E-state index contributed by atoms with van der Waals surface area (Å²) in [5.41, 5.74) is 6.75. The largest absolute Gasteiger partial charge is 0.480 e. The van der Waals surface area contributed by atoms with Crippen molar-refractivity contribution in [2.75, 3.05) is 6.61 Å². The highest BCUT2D eigenvalue weighted by molar-refractivity contribution is 7.09. The molecule has 2 aromatic rings. The molecule has 0 aliphatic heterocycles. The van der Waals surface area contributed by atoms with Gasteiger partial charge in [0.1, 0.15) is 6.61 Å². The Balaban J connectivity index is 2.16. The highest BCUT2D eigenvalue weighted by Gasteiger charge is 2.17. The van der Waals surface area contributed by atoms with Crippen molar-refractivity contribution in [3.63, 3.8) is 0 Å². The second-order valence-electron chi connectivity index (χ2n) is 4.28. The van der Waals surface area contributed by atoms with E-state index in [4.69, 9.17) is 10.5 Å². The third-order valence-electron chi connectivity index (χ3n) is 2.69. The van der Waals surface area contributed by atoms with Crippen molar-refractivity contribution in [1.29, 1.82) is 0 Å². The van der Waals surface area contributed by atoms with Crippen LogP contribution >= 0.6 is 11.5 Å². The number of benzene rings is 1. The molecule has 1 heterocycles. The summed E-state index contributed by atoms with van der Waals surface area (Å²) < 4.78 is 10.1. The van der Waals surface area contributed by atoms with E-state index in [1.165, 1.54) is 11.5 Å². The van der Waals surface area contributed by atoms with E-state index in [9.17, 15) is 0 Å². The van der Waals surface area contributed by atoms with Crippen LogP contribution in [0.15, 0.2) is 24.3 Å². The van der Waals surface area contributed by atoms with Gasteiger partial charge in [-0.1, -0.05) is 19.1 Å². The molecule has 3 nitrogen and oxygen atoms in total. The van der Waals surface area contributed by atoms with E-state index in [0.29, 0.717) is 6.61 Å². The van der Waals surface area contributed by atoms with Crippen LogP contribution in [0.1, 0.15) is 20.3 Å². The van der Waals surface area contributed by atoms with E-state index in [0.717, 1.165) is 22.4 Å². The van der Waals surface area contributed by atoms with E-state index < -0.39 is 0 Å². The van der Waals surface area contributed by atoms with Crippen molar-refractivity contribution in [2.45, 2.75) is 25.8 Å². The van der Waals surface area contributed by atoms with E-state index in [-0.39, 0.29) is 5.54 Å². The maximum atomic E-state index is 6.04. The monoisotopic (exact) mass is 236 g/mol. The van der Waals surface area contributed by atoms with Gasteiger partial charge in [0, 0.05) is 17.1 Å². The van der Waals surface area contributed by atoms with Crippen LogP contribution < -0.4 is 10.5 Å². The number of rotatable bonds is 4. The minimum absolute atomic E-state index is 0.273. The summed E-state index contributed by atoms with van der Waals surface area (Å²) in [5, 5.41) is 1.93. The number of ether oxygens (including phenoxy) is 1. The molecule has 0 amide bonds. The molecule has 0 fully saturated rings. The van der Waals surface area contributed by atoms with Crippen molar-refractivity contribution < 1.29 is 4.74 Å². The summed E-state index contributed by atoms with van der Waals surface area (Å²) in [5.74, 6) is 0. The Morgan fingerprint density at radius 3 is 2.94 bits per heavy atom. The highest BCUT2D eigenvalue weighted by atomic mass is 32.1. The topological polar surface area (TPSA) is 48.1 Å². The number of hydrogen-bond donors (Lipinski definition) is 1. The molecular formula is C12H16N2OS. The predicted octanol–water partition coefficient (Wildman–Crippen LogP) is 2.80. The Labute approximate surface area is 99.4 Å². The van der Waals surface area contributed by atoms with Crippen molar-refractivity contribution in [2.24, 2.45) is 5.73 Å². The molecule has 0 radical (unpaired) electrons. The minimum atomic E-state index is -0.273. The number of nitrogens with zero attached hydrogens (tertiary/aromatic N) is 1. The SMILES string of the molecule is CCC(C)(N)COc1snc2ccccc12. The summed E-state index contributed by atoms with van der Waals surface area (Å²) in [4.78, 5) is 0. The van der Waals surface area contributed by atoms with E-state index in [2.05, 4.69) is 11.3 Å². The lowest BCUT2D eigenvalue weighted by atomic mass is 10.0. The smallest absolute Gasteiger partial charge is 0.201 e. The van der Waals surface area contributed by atoms with Crippen LogP contribution in [0.5, 0.6) is 5.06 Å². The van der Waals surface area contributed by atoms with Gasteiger partial charge in [-0.2, -0.15) is 4.37 Å². The van der Waals surface area contributed by atoms with Crippen molar-refractivity contribution in [3.05, 3.63) is 24.3 Å². The van der Waals surface area contributed by atoms with E-state index in [1.807, 2.05) is 31.2 Å². The second kappa shape index (κ2) is 4.39. The maximum Gasteiger partial charge on any atom is 0.201 e. The fourth-order valence-electron chi connectivity index (χ4n) is 1.30. The summed E-state index contributed by atoms with van der Waals surface area (Å²) in [6, 6.07) is 7.98. The van der Waals surface area contributed by atoms with Crippen molar-refractivity contribution in [3.8, 4) is 5.06 Å². The van der Waals surface area contributed by atoms with Gasteiger partial charge in [0.05, 0.1) is 10.9 Å². The van der Waals surface area contributed by atoms with Gasteiger partial charge in [-0.3, -0.25) is 0 Å². The summed E-state index contributed by atoms with van der Waals surface area (Å²) in [6.07, 6.45) is 0.893. The van der Waals surface area contributed by atoms with Crippen LogP contribution in [-0.2, 0) is 0 Å². The molecule has 1 atom stereocenters. The Morgan fingerprint density at radius 2 is 2.19 bits per heavy atom. The zero-order valence-corrected chi connectivity index (χ0v) is 10.4. The molecule has 1 aromatic heterocycles. The van der Waals surface area contributed by atoms with Gasteiger partial charge in [-0.15, -0.1) is 0 Å². The molecule has 1 aromatic carbocycles. The van der Waals surface area contributed by atoms with Gasteiger partial charge in [-0.25, -0.2) is 0 Å². The summed E-state index contributed by atoms with van der Waals surface area (Å²) in [6.45, 7) is 4.58. The average Bonchev–Trinajstić information content (AvgIpc) is 2.70. The molecule has 1 unspecified atom stereocenters. The first-order valence-corrected chi connectivity index (χ1v) is 6.16. The molecule has 0 spiro atoms. The Bertz CT molecular complexity index is 479. The predicted molar refractivity (Wildman–Crippen MR) is 68.0 cm³/mol.